The van der Waals surface area contributed by atoms with Crippen molar-refractivity contribution in [3.63, 3.8) is 0 Å². The number of hydrogen-bond acceptors (Lipinski definition) is 3. The number of fused-ring (bicyclic) bond motifs is 1. The van der Waals surface area contributed by atoms with Crippen molar-refractivity contribution in [2.45, 2.75) is 11.0 Å². The Morgan fingerprint density at radius 1 is 0.950 bits per heavy atom. The molecule has 0 fully saturated rings. The van der Waals surface area contributed by atoms with Crippen LogP contribution in [0.5, 0.6) is 0 Å². The summed E-state index contributed by atoms with van der Waals surface area (Å²) in [5.41, 5.74) is 0.895. The van der Waals surface area contributed by atoms with Crippen LogP contribution in [0.1, 0.15) is 11.7 Å². The Bertz CT molecular complexity index is 694. The third-order valence-corrected chi connectivity index (χ3v) is 4.30. The number of hydrogen-bond donors (Lipinski definition) is 1. The molecule has 0 amide bonds. The Kier molecular flexibility index (Phi) is 4.00. The fraction of sp³-hybridized carbons (Fsp3) is 0.118. The maximum atomic E-state index is 10.4. The van der Waals surface area contributed by atoms with Crippen molar-refractivity contribution in [2.24, 2.45) is 0 Å². The molecular formula is C17H15NOS. The van der Waals surface area contributed by atoms with Gasteiger partial charge in [0.2, 0.25) is 0 Å². The second-order valence-electron chi connectivity index (χ2n) is 4.59. The van der Waals surface area contributed by atoms with E-state index in [1.54, 1.807) is 18.0 Å². The standard InChI is InChI=1S/C17H15NOS/c19-17(12-20-14-7-2-1-3-8-14)16-11-18-10-13-6-4-5-9-15(13)16/h1-11,17,19H,12H2. The molecule has 1 aromatic heterocycles. The SMILES string of the molecule is OC(CSc1ccccc1)c1cncc2ccccc12. The Labute approximate surface area is 122 Å². The lowest BCUT2D eigenvalue weighted by atomic mass is 10.0. The number of aliphatic hydroxyl groups is 1. The summed E-state index contributed by atoms with van der Waals surface area (Å²) in [6.45, 7) is 0. The largest absolute Gasteiger partial charge is 0.387 e. The average molecular weight is 281 g/mol. The highest BCUT2D eigenvalue weighted by atomic mass is 32.2. The minimum absolute atomic E-state index is 0.515. The number of benzene rings is 2. The van der Waals surface area contributed by atoms with Gasteiger partial charge in [0.25, 0.3) is 0 Å². The van der Waals surface area contributed by atoms with Crippen LogP contribution >= 0.6 is 11.8 Å². The molecule has 0 spiro atoms. The third kappa shape index (κ3) is 2.84. The molecule has 3 aromatic rings. The first-order valence-corrected chi connectivity index (χ1v) is 7.52. The molecule has 0 bridgehead atoms. The van der Waals surface area contributed by atoms with Gasteiger partial charge in [-0.1, -0.05) is 42.5 Å². The van der Waals surface area contributed by atoms with E-state index < -0.39 is 6.10 Å². The van der Waals surface area contributed by atoms with Crippen LogP contribution in [0.3, 0.4) is 0 Å². The van der Waals surface area contributed by atoms with E-state index in [1.165, 1.54) is 4.90 Å². The molecule has 0 aliphatic carbocycles. The number of pyridine rings is 1. The molecule has 1 N–H and O–H groups in total. The molecule has 1 heterocycles. The van der Waals surface area contributed by atoms with E-state index in [0.29, 0.717) is 5.75 Å². The minimum Gasteiger partial charge on any atom is -0.387 e. The second-order valence-corrected chi connectivity index (χ2v) is 5.68. The third-order valence-electron chi connectivity index (χ3n) is 3.21. The van der Waals surface area contributed by atoms with Gasteiger partial charge >= 0.3 is 0 Å². The maximum absolute atomic E-state index is 10.4. The van der Waals surface area contributed by atoms with Gasteiger partial charge in [0.1, 0.15) is 0 Å². The topological polar surface area (TPSA) is 33.1 Å². The zero-order valence-corrected chi connectivity index (χ0v) is 11.8. The van der Waals surface area contributed by atoms with Crippen LogP contribution in [0.15, 0.2) is 71.9 Å². The van der Waals surface area contributed by atoms with Crippen LogP contribution < -0.4 is 0 Å². The van der Waals surface area contributed by atoms with E-state index in [1.807, 2.05) is 48.7 Å². The van der Waals surface area contributed by atoms with E-state index in [2.05, 4.69) is 17.1 Å². The van der Waals surface area contributed by atoms with E-state index in [4.69, 9.17) is 0 Å². The smallest absolute Gasteiger partial charge is 0.0904 e. The summed E-state index contributed by atoms with van der Waals surface area (Å²) in [6, 6.07) is 18.1. The van der Waals surface area contributed by atoms with Crippen molar-refractivity contribution >= 4 is 22.5 Å². The molecule has 0 saturated heterocycles. The van der Waals surface area contributed by atoms with Crippen molar-refractivity contribution < 1.29 is 5.11 Å². The number of aromatic nitrogens is 1. The fourth-order valence-corrected chi connectivity index (χ4v) is 3.07. The molecule has 0 radical (unpaired) electrons. The van der Waals surface area contributed by atoms with Crippen LogP contribution in [-0.2, 0) is 0 Å². The first kappa shape index (κ1) is 13.2. The van der Waals surface area contributed by atoms with E-state index >= 15 is 0 Å². The second kappa shape index (κ2) is 6.07. The van der Waals surface area contributed by atoms with Crippen LogP contribution in [0.4, 0.5) is 0 Å². The lowest BCUT2D eigenvalue weighted by Gasteiger charge is -2.13. The highest BCUT2D eigenvalue weighted by Crippen LogP contribution is 2.28. The predicted molar refractivity (Wildman–Crippen MR) is 83.9 cm³/mol. The fourth-order valence-electron chi connectivity index (χ4n) is 2.19. The van der Waals surface area contributed by atoms with Crippen LogP contribution in [-0.4, -0.2) is 15.8 Å². The van der Waals surface area contributed by atoms with Gasteiger partial charge in [-0.05, 0) is 17.5 Å². The normalized spacial score (nSPS) is 12.4. The number of aliphatic hydroxyl groups excluding tert-OH is 1. The van der Waals surface area contributed by atoms with Crippen LogP contribution in [0, 0.1) is 0 Å². The summed E-state index contributed by atoms with van der Waals surface area (Å²) >= 11 is 1.65. The Hall–Kier alpha value is -1.84. The number of nitrogens with zero attached hydrogens (tertiary/aromatic N) is 1. The molecule has 0 aliphatic rings. The molecule has 2 aromatic carbocycles. The van der Waals surface area contributed by atoms with Crippen molar-refractivity contribution in [2.75, 3.05) is 5.75 Å². The Morgan fingerprint density at radius 3 is 2.55 bits per heavy atom. The zero-order chi connectivity index (χ0) is 13.8. The minimum atomic E-state index is -0.515. The van der Waals surface area contributed by atoms with Gasteiger partial charge in [0.05, 0.1) is 6.10 Å². The van der Waals surface area contributed by atoms with Crippen LogP contribution in [0.2, 0.25) is 0 Å². The number of thioether (sulfide) groups is 1. The summed E-state index contributed by atoms with van der Waals surface area (Å²) in [4.78, 5) is 5.39. The Balaban J connectivity index is 1.80. The van der Waals surface area contributed by atoms with Crippen molar-refractivity contribution in [3.8, 4) is 0 Å². The molecule has 3 rings (SSSR count). The summed E-state index contributed by atoms with van der Waals surface area (Å²) in [5.74, 6) is 0.625. The summed E-state index contributed by atoms with van der Waals surface area (Å²) in [7, 11) is 0. The molecule has 1 atom stereocenters. The number of rotatable bonds is 4. The van der Waals surface area contributed by atoms with Gasteiger partial charge in [0.15, 0.2) is 0 Å². The van der Waals surface area contributed by atoms with Gasteiger partial charge in [-0.2, -0.15) is 0 Å². The van der Waals surface area contributed by atoms with Gasteiger partial charge in [-0.15, -0.1) is 11.8 Å². The van der Waals surface area contributed by atoms with Crippen LogP contribution in [0.25, 0.3) is 10.8 Å². The molecule has 20 heavy (non-hydrogen) atoms. The highest BCUT2D eigenvalue weighted by Gasteiger charge is 2.12. The van der Waals surface area contributed by atoms with Gasteiger partial charge in [-0.25, -0.2) is 0 Å². The molecule has 0 aliphatic heterocycles. The zero-order valence-electron chi connectivity index (χ0n) is 10.9. The first-order chi connectivity index (χ1) is 9.84. The molecule has 100 valence electrons. The molecule has 3 heteroatoms. The lowest BCUT2D eigenvalue weighted by Crippen LogP contribution is -2.02. The van der Waals surface area contributed by atoms with E-state index in [0.717, 1.165) is 16.3 Å². The Morgan fingerprint density at radius 2 is 1.70 bits per heavy atom. The summed E-state index contributed by atoms with van der Waals surface area (Å²) in [5, 5.41) is 12.6. The summed E-state index contributed by atoms with van der Waals surface area (Å²) < 4.78 is 0. The molecule has 0 saturated carbocycles. The predicted octanol–water partition coefficient (Wildman–Crippen LogP) is 4.06. The highest BCUT2D eigenvalue weighted by molar-refractivity contribution is 7.99. The van der Waals surface area contributed by atoms with Gasteiger partial charge in [0, 0.05) is 34.0 Å². The monoisotopic (exact) mass is 281 g/mol. The van der Waals surface area contributed by atoms with E-state index in [-0.39, 0.29) is 0 Å². The van der Waals surface area contributed by atoms with Crippen molar-refractivity contribution in [1.82, 2.24) is 4.98 Å². The van der Waals surface area contributed by atoms with E-state index in [9.17, 15) is 5.11 Å². The maximum Gasteiger partial charge on any atom is 0.0904 e. The van der Waals surface area contributed by atoms with Crippen molar-refractivity contribution in [3.05, 3.63) is 72.6 Å². The molecular weight excluding hydrogens is 266 g/mol. The summed E-state index contributed by atoms with van der Waals surface area (Å²) in [6.07, 6.45) is 3.08. The van der Waals surface area contributed by atoms with Gasteiger partial charge in [-0.3, -0.25) is 4.98 Å². The molecule has 2 nitrogen and oxygen atoms in total. The first-order valence-electron chi connectivity index (χ1n) is 6.53. The lowest BCUT2D eigenvalue weighted by molar-refractivity contribution is 0.205. The van der Waals surface area contributed by atoms with Crippen molar-refractivity contribution in [1.29, 1.82) is 0 Å². The quantitative estimate of drug-likeness (QED) is 0.732. The van der Waals surface area contributed by atoms with Gasteiger partial charge < -0.3 is 5.11 Å². The average Bonchev–Trinajstić information content (AvgIpc) is 2.53. The molecule has 1 unspecified atom stereocenters.